The van der Waals surface area contributed by atoms with Crippen LogP contribution in [-0.2, 0) is 4.79 Å². The lowest BCUT2D eigenvalue weighted by Gasteiger charge is -2.06. The van der Waals surface area contributed by atoms with Crippen molar-refractivity contribution in [3.8, 4) is 0 Å². The fraction of sp³-hybridized carbons (Fsp3) is 0.0909. The Morgan fingerprint density at radius 2 is 1.71 bits per heavy atom. The van der Waals surface area contributed by atoms with E-state index < -0.39 is 23.4 Å². The number of amides is 1. The number of anilines is 1. The molecule has 0 radical (unpaired) electrons. The van der Waals surface area contributed by atoms with Crippen LogP contribution in [-0.4, -0.2) is 17.9 Å². The van der Waals surface area contributed by atoms with Crippen LogP contribution < -0.4 is 5.32 Å². The Morgan fingerprint density at radius 1 is 1.18 bits per heavy atom. The van der Waals surface area contributed by atoms with Gasteiger partial charge in [0.05, 0.1) is 0 Å². The first-order chi connectivity index (χ1) is 7.84. The van der Waals surface area contributed by atoms with Gasteiger partial charge >= 0.3 is 6.18 Å². The first-order valence-corrected chi connectivity index (χ1v) is 4.49. The van der Waals surface area contributed by atoms with Gasteiger partial charge in [0, 0.05) is 11.3 Å². The van der Waals surface area contributed by atoms with Crippen LogP contribution in [0.2, 0.25) is 0 Å². The van der Waals surface area contributed by atoms with Crippen molar-refractivity contribution in [1.82, 2.24) is 0 Å². The van der Waals surface area contributed by atoms with E-state index in [4.69, 9.17) is 0 Å². The Hall–Kier alpha value is -2.11. The number of benzene rings is 1. The number of nitrogens with one attached hydrogen (secondary N) is 1. The number of Topliss-reactive ketones (excluding diaryl/α,β-unsaturated/α-hetero) is 1. The minimum Gasteiger partial charge on any atom is -0.323 e. The molecule has 3 nitrogen and oxygen atoms in total. The van der Waals surface area contributed by atoms with Crippen molar-refractivity contribution in [2.75, 3.05) is 5.32 Å². The zero-order valence-corrected chi connectivity index (χ0v) is 8.54. The maximum atomic E-state index is 12.1. The molecule has 0 heterocycles. The maximum Gasteiger partial charge on any atom is 0.454 e. The number of halogens is 3. The summed E-state index contributed by atoms with van der Waals surface area (Å²) < 4.78 is 36.2. The van der Waals surface area contributed by atoms with E-state index in [1.165, 1.54) is 12.1 Å². The van der Waals surface area contributed by atoms with Crippen LogP contribution in [0.5, 0.6) is 0 Å². The molecule has 0 aliphatic rings. The van der Waals surface area contributed by atoms with Gasteiger partial charge in [-0.25, -0.2) is 0 Å². The number of ketones is 1. The lowest BCUT2D eigenvalue weighted by Crippen LogP contribution is -2.22. The highest BCUT2D eigenvalue weighted by atomic mass is 19.4. The van der Waals surface area contributed by atoms with E-state index in [2.05, 4.69) is 11.9 Å². The average molecular weight is 243 g/mol. The largest absolute Gasteiger partial charge is 0.454 e. The third-order valence-electron chi connectivity index (χ3n) is 1.86. The molecule has 90 valence electrons. The fourth-order valence-electron chi connectivity index (χ4n) is 1.06. The van der Waals surface area contributed by atoms with E-state index in [0.717, 1.165) is 18.2 Å². The van der Waals surface area contributed by atoms with Gasteiger partial charge in [-0.2, -0.15) is 13.2 Å². The summed E-state index contributed by atoms with van der Waals surface area (Å²) in [5.74, 6) is -2.40. The molecule has 0 fully saturated rings. The van der Waals surface area contributed by atoms with Gasteiger partial charge in [-0.05, 0) is 30.3 Å². The van der Waals surface area contributed by atoms with E-state index in [9.17, 15) is 22.8 Å². The van der Waals surface area contributed by atoms with Crippen molar-refractivity contribution in [3.05, 3.63) is 42.5 Å². The summed E-state index contributed by atoms with van der Waals surface area (Å²) in [4.78, 5) is 21.7. The van der Waals surface area contributed by atoms with Crippen molar-refractivity contribution < 1.29 is 22.8 Å². The normalized spacial score (nSPS) is 10.8. The van der Waals surface area contributed by atoms with Crippen LogP contribution in [0.1, 0.15) is 10.4 Å². The minimum absolute atomic E-state index is 0.286. The van der Waals surface area contributed by atoms with Gasteiger partial charge in [0.25, 0.3) is 5.78 Å². The van der Waals surface area contributed by atoms with Gasteiger partial charge in [-0.15, -0.1) is 0 Å². The second-order valence-electron chi connectivity index (χ2n) is 3.10. The Balaban J connectivity index is 2.85. The van der Waals surface area contributed by atoms with Crippen molar-refractivity contribution in [1.29, 1.82) is 0 Å². The molecule has 0 unspecified atom stereocenters. The van der Waals surface area contributed by atoms with E-state index in [1.54, 1.807) is 0 Å². The summed E-state index contributed by atoms with van der Waals surface area (Å²) in [5, 5.41) is 2.35. The molecular weight excluding hydrogens is 235 g/mol. The number of rotatable bonds is 3. The van der Waals surface area contributed by atoms with Crippen molar-refractivity contribution in [2.24, 2.45) is 0 Å². The summed E-state index contributed by atoms with van der Waals surface area (Å²) in [5.41, 5.74) is -0.192. The Labute approximate surface area is 94.9 Å². The molecule has 0 saturated carbocycles. The lowest BCUT2D eigenvalue weighted by atomic mass is 10.1. The van der Waals surface area contributed by atoms with Crippen LogP contribution in [0, 0.1) is 0 Å². The van der Waals surface area contributed by atoms with Gasteiger partial charge in [0.1, 0.15) is 0 Å². The number of hydrogen-bond acceptors (Lipinski definition) is 2. The molecule has 0 aromatic heterocycles. The van der Waals surface area contributed by atoms with Gasteiger partial charge < -0.3 is 5.32 Å². The summed E-state index contributed by atoms with van der Waals surface area (Å²) in [6.07, 6.45) is -3.87. The second-order valence-corrected chi connectivity index (χ2v) is 3.10. The molecule has 1 rings (SSSR count). The molecule has 0 saturated heterocycles. The number of carbonyl (C=O) groups is 2. The van der Waals surface area contributed by atoms with Crippen LogP contribution in [0.4, 0.5) is 18.9 Å². The van der Waals surface area contributed by atoms with Gasteiger partial charge in [0.2, 0.25) is 5.91 Å². The molecular formula is C11H8F3NO2. The first kappa shape index (κ1) is 13.0. The maximum absolute atomic E-state index is 12.1. The van der Waals surface area contributed by atoms with Crippen LogP contribution in [0.25, 0.3) is 0 Å². The first-order valence-electron chi connectivity index (χ1n) is 4.49. The zero-order chi connectivity index (χ0) is 13.1. The van der Waals surface area contributed by atoms with E-state index in [-0.39, 0.29) is 5.69 Å². The van der Waals surface area contributed by atoms with Gasteiger partial charge in [0.15, 0.2) is 0 Å². The fourth-order valence-corrected chi connectivity index (χ4v) is 1.06. The molecule has 0 atom stereocenters. The molecule has 0 bridgehead atoms. The molecule has 0 aliphatic heterocycles. The number of hydrogen-bond donors (Lipinski definition) is 1. The topological polar surface area (TPSA) is 46.2 Å². The van der Waals surface area contributed by atoms with E-state index >= 15 is 0 Å². The summed E-state index contributed by atoms with van der Waals surface area (Å²) in [6.45, 7) is 3.22. The summed E-state index contributed by atoms with van der Waals surface area (Å²) >= 11 is 0. The smallest absolute Gasteiger partial charge is 0.323 e. The van der Waals surface area contributed by atoms with Crippen LogP contribution in [0.15, 0.2) is 36.9 Å². The van der Waals surface area contributed by atoms with Gasteiger partial charge in [-0.1, -0.05) is 6.58 Å². The Bertz CT molecular complexity index is 449. The SMILES string of the molecule is C=CC(=O)Nc1ccc(C(=O)C(F)(F)F)cc1. The van der Waals surface area contributed by atoms with Crippen LogP contribution in [0.3, 0.4) is 0 Å². The lowest BCUT2D eigenvalue weighted by molar-refractivity contribution is -0.111. The van der Waals surface area contributed by atoms with Crippen molar-refractivity contribution in [2.45, 2.75) is 6.18 Å². The van der Waals surface area contributed by atoms with E-state index in [0.29, 0.717) is 0 Å². The number of alkyl halides is 3. The monoisotopic (exact) mass is 243 g/mol. The molecule has 1 N–H and O–H groups in total. The van der Waals surface area contributed by atoms with E-state index in [1.807, 2.05) is 0 Å². The third kappa shape index (κ3) is 3.44. The zero-order valence-electron chi connectivity index (χ0n) is 8.54. The standard InChI is InChI=1S/C11H8F3NO2/c1-2-9(16)15-8-5-3-7(4-6-8)10(17)11(12,13)14/h2-6H,1H2,(H,15,16). The quantitative estimate of drug-likeness (QED) is 0.655. The predicted molar refractivity (Wildman–Crippen MR) is 55.7 cm³/mol. The average Bonchev–Trinajstić information content (AvgIpc) is 2.27. The molecule has 17 heavy (non-hydrogen) atoms. The third-order valence-corrected chi connectivity index (χ3v) is 1.86. The van der Waals surface area contributed by atoms with Crippen molar-refractivity contribution in [3.63, 3.8) is 0 Å². The van der Waals surface area contributed by atoms with Crippen LogP contribution >= 0.6 is 0 Å². The summed E-state index contributed by atoms with van der Waals surface area (Å²) in [7, 11) is 0. The molecule has 1 aromatic carbocycles. The molecule has 0 aliphatic carbocycles. The molecule has 0 spiro atoms. The highest BCUT2D eigenvalue weighted by Gasteiger charge is 2.39. The number of carbonyl (C=O) groups excluding carboxylic acids is 2. The predicted octanol–water partition coefficient (Wildman–Crippen LogP) is 2.56. The summed E-state index contributed by atoms with van der Waals surface area (Å²) in [6, 6.07) is 4.41. The van der Waals surface area contributed by atoms with Gasteiger partial charge in [-0.3, -0.25) is 9.59 Å². The Morgan fingerprint density at radius 3 is 2.12 bits per heavy atom. The highest BCUT2D eigenvalue weighted by Crippen LogP contribution is 2.22. The molecule has 1 amide bonds. The molecule has 1 aromatic rings. The van der Waals surface area contributed by atoms with Crippen molar-refractivity contribution >= 4 is 17.4 Å². The Kier molecular flexibility index (Phi) is 3.67. The minimum atomic E-state index is -4.90. The molecule has 6 heteroatoms. The highest BCUT2D eigenvalue weighted by molar-refractivity contribution is 6.01. The second kappa shape index (κ2) is 4.82.